The molecule has 0 amide bonds. The fourth-order valence-corrected chi connectivity index (χ4v) is 2.02. The molecule has 1 aromatic heterocycles. The van der Waals surface area contributed by atoms with Crippen molar-refractivity contribution in [1.29, 1.82) is 0 Å². The SMILES string of the molecule is CNC(c1cc(F)ccc1F)c1ncccc1Cl. The third kappa shape index (κ3) is 2.49. The highest BCUT2D eigenvalue weighted by atomic mass is 35.5. The first-order valence-corrected chi connectivity index (χ1v) is 5.74. The first kappa shape index (κ1) is 12.9. The zero-order valence-corrected chi connectivity index (χ0v) is 10.4. The molecule has 1 aromatic carbocycles. The van der Waals surface area contributed by atoms with Crippen LogP contribution in [0.3, 0.4) is 0 Å². The van der Waals surface area contributed by atoms with Gasteiger partial charge in [-0.1, -0.05) is 11.6 Å². The van der Waals surface area contributed by atoms with Crippen LogP contribution in [0.4, 0.5) is 8.78 Å². The Hall–Kier alpha value is -1.52. The molecule has 0 aliphatic rings. The molecule has 0 fully saturated rings. The topological polar surface area (TPSA) is 24.9 Å². The Bertz CT molecular complexity index is 560. The quantitative estimate of drug-likeness (QED) is 0.924. The van der Waals surface area contributed by atoms with Crippen molar-refractivity contribution in [3.05, 3.63) is 64.4 Å². The van der Waals surface area contributed by atoms with Gasteiger partial charge in [-0.15, -0.1) is 0 Å². The molecular formula is C13H11ClF2N2. The highest BCUT2D eigenvalue weighted by Gasteiger charge is 2.20. The van der Waals surface area contributed by atoms with Gasteiger partial charge in [0.15, 0.2) is 0 Å². The summed E-state index contributed by atoms with van der Waals surface area (Å²) in [6.07, 6.45) is 1.56. The van der Waals surface area contributed by atoms with Gasteiger partial charge in [-0.3, -0.25) is 4.98 Å². The number of nitrogens with one attached hydrogen (secondary N) is 1. The third-order valence-corrected chi connectivity index (χ3v) is 2.94. The lowest BCUT2D eigenvalue weighted by Crippen LogP contribution is -2.20. The molecule has 0 saturated carbocycles. The van der Waals surface area contributed by atoms with Crippen molar-refractivity contribution < 1.29 is 8.78 Å². The Kier molecular flexibility index (Phi) is 3.89. The van der Waals surface area contributed by atoms with Crippen LogP contribution in [0.2, 0.25) is 5.02 Å². The average molecular weight is 269 g/mol. The molecule has 0 radical (unpaired) electrons. The number of halogens is 3. The van der Waals surface area contributed by atoms with Crippen LogP contribution in [-0.2, 0) is 0 Å². The van der Waals surface area contributed by atoms with Crippen molar-refractivity contribution in [3.63, 3.8) is 0 Å². The third-order valence-electron chi connectivity index (χ3n) is 2.62. The molecule has 1 unspecified atom stereocenters. The van der Waals surface area contributed by atoms with Gasteiger partial charge in [-0.05, 0) is 37.4 Å². The van der Waals surface area contributed by atoms with Gasteiger partial charge in [0.2, 0.25) is 0 Å². The van der Waals surface area contributed by atoms with E-state index in [2.05, 4.69) is 10.3 Å². The Balaban J connectivity index is 2.52. The van der Waals surface area contributed by atoms with Gasteiger partial charge in [0.1, 0.15) is 11.6 Å². The summed E-state index contributed by atoms with van der Waals surface area (Å²) in [6.45, 7) is 0. The zero-order valence-electron chi connectivity index (χ0n) is 9.62. The first-order valence-electron chi connectivity index (χ1n) is 5.36. The van der Waals surface area contributed by atoms with E-state index in [-0.39, 0.29) is 5.56 Å². The van der Waals surface area contributed by atoms with Gasteiger partial charge in [0, 0.05) is 11.8 Å². The largest absolute Gasteiger partial charge is 0.308 e. The maximum absolute atomic E-state index is 13.7. The van der Waals surface area contributed by atoms with Gasteiger partial charge in [0.25, 0.3) is 0 Å². The summed E-state index contributed by atoms with van der Waals surface area (Å²) < 4.78 is 27.0. The molecule has 0 spiro atoms. The van der Waals surface area contributed by atoms with Crippen molar-refractivity contribution in [2.45, 2.75) is 6.04 Å². The Morgan fingerprint density at radius 2 is 2.06 bits per heavy atom. The van der Waals surface area contributed by atoms with E-state index < -0.39 is 17.7 Å². The number of aromatic nitrogens is 1. The van der Waals surface area contributed by atoms with Crippen molar-refractivity contribution >= 4 is 11.6 Å². The van der Waals surface area contributed by atoms with Gasteiger partial charge >= 0.3 is 0 Å². The predicted molar refractivity (Wildman–Crippen MR) is 66.5 cm³/mol. The second-order valence-corrected chi connectivity index (χ2v) is 4.17. The van der Waals surface area contributed by atoms with Gasteiger partial charge in [-0.2, -0.15) is 0 Å². The molecule has 2 nitrogen and oxygen atoms in total. The van der Waals surface area contributed by atoms with Crippen LogP contribution < -0.4 is 5.32 Å². The van der Waals surface area contributed by atoms with Crippen molar-refractivity contribution in [1.82, 2.24) is 10.3 Å². The summed E-state index contributed by atoms with van der Waals surface area (Å²) in [4.78, 5) is 4.11. The standard InChI is InChI=1S/C13H11ClF2N2/c1-17-12(13-10(14)3-2-6-18-13)9-7-8(15)4-5-11(9)16/h2-7,12,17H,1H3. The minimum atomic E-state index is -0.589. The molecule has 0 aliphatic carbocycles. The van der Waals surface area contributed by atoms with Crippen LogP contribution in [0.15, 0.2) is 36.5 Å². The molecule has 0 aliphatic heterocycles. The molecule has 0 saturated heterocycles. The number of pyridine rings is 1. The summed E-state index contributed by atoms with van der Waals surface area (Å²) in [7, 11) is 1.64. The zero-order chi connectivity index (χ0) is 13.1. The molecule has 0 bridgehead atoms. The smallest absolute Gasteiger partial charge is 0.128 e. The summed E-state index contributed by atoms with van der Waals surface area (Å²) in [6, 6.07) is 6.06. The summed E-state index contributed by atoms with van der Waals surface area (Å²) in [5, 5.41) is 3.29. The minimum absolute atomic E-state index is 0.179. The monoisotopic (exact) mass is 268 g/mol. The van der Waals surface area contributed by atoms with Crippen molar-refractivity contribution in [2.75, 3.05) is 7.05 Å². The Labute approximate surface area is 109 Å². The number of rotatable bonds is 3. The summed E-state index contributed by atoms with van der Waals surface area (Å²) in [5.74, 6) is -1.00. The maximum Gasteiger partial charge on any atom is 0.128 e. The van der Waals surface area contributed by atoms with E-state index in [4.69, 9.17) is 11.6 Å². The number of nitrogens with zero attached hydrogens (tertiary/aromatic N) is 1. The van der Waals surface area contributed by atoms with Crippen molar-refractivity contribution in [3.8, 4) is 0 Å². The summed E-state index contributed by atoms with van der Waals surface area (Å²) in [5.41, 5.74) is 0.643. The van der Waals surface area contributed by atoms with Gasteiger partial charge < -0.3 is 5.32 Å². The molecule has 1 N–H and O–H groups in total. The van der Waals surface area contributed by atoms with Crippen LogP contribution in [0.1, 0.15) is 17.3 Å². The molecule has 1 heterocycles. The van der Waals surface area contributed by atoms with Crippen molar-refractivity contribution in [2.24, 2.45) is 0 Å². The Morgan fingerprint density at radius 1 is 1.28 bits per heavy atom. The van der Waals surface area contributed by atoms with Gasteiger partial charge in [-0.25, -0.2) is 8.78 Å². The number of hydrogen-bond donors (Lipinski definition) is 1. The molecule has 18 heavy (non-hydrogen) atoms. The first-order chi connectivity index (χ1) is 8.63. The van der Waals surface area contributed by atoms with Crippen LogP contribution in [0.5, 0.6) is 0 Å². The Morgan fingerprint density at radius 3 is 2.72 bits per heavy atom. The fourth-order valence-electron chi connectivity index (χ4n) is 1.79. The van der Waals surface area contributed by atoms with E-state index in [1.165, 1.54) is 0 Å². The average Bonchev–Trinajstić information content (AvgIpc) is 2.36. The maximum atomic E-state index is 13.7. The lowest BCUT2D eigenvalue weighted by Gasteiger charge is -2.18. The van der Waals surface area contributed by atoms with E-state index in [0.29, 0.717) is 10.7 Å². The van der Waals surface area contributed by atoms with E-state index in [1.54, 1.807) is 25.4 Å². The highest BCUT2D eigenvalue weighted by molar-refractivity contribution is 6.31. The lowest BCUT2D eigenvalue weighted by molar-refractivity contribution is 0.554. The van der Waals surface area contributed by atoms with E-state index >= 15 is 0 Å². The molecular weight excluding hydrogens is 258 g/mol. The van der Waals surface area contributed by atoms with E-state index in [1.807, 2.05) is 0 Å². The number of hydrogen-bond acceptors (Lipinski definition) is 2. The van der Waals surface area contributed by atoms with E-state index in [0.717, 1.165) is 18.2 Å². The second-order valence-electron chi connectivity index (χ2n) is 3.76. The number of benzene rings is 1. The minimum Gasteiger partial charge on any atom is -0.308 e. The molecule has 1 atom stereocenters. The van der Waals surface area contributed by atoms with Gasteiger partial charge in [0.05, 0.1) is 16.8 Å². The second kappa shape index (κ2) is 5.42. The van der Waals surface area contributed by atoms with Crippen LogP contribution in [-0.4, -0.2) is 12.0 Å². The predicted octanol–water partition coefficient (Wildman–Crippen LogP) is 3.32. The van der Waals surface area contributed by atoms with Crippen LogP contribution in [0, 0.1) is 11.6 Å². The molecule has 2 aromatic rings. The van der Waals surface area contributed by atoms with Crippen LogP contribution >= 0.6 is 11.6 Å². The molecule has 5 heteroatoms. The fraction of sp³-hybridized carbons (Fsp3) is 0.154. The lowest BCUT2D eigenvalue weighted by atomic mass is 10.0. The molecule has 94 valence electrons. The summed E-state index contributed by atoms with van der Waals surface area (Å²) >= 11 is 6.02. The molecule has 2 rings (SSSR count). The normalized spacial score (nSPS) is 12.4. The highest BCUT2D eigenvalue weighted by Crippen LogP contribution is 2.28. The van der Waals surface area contributed by atoms with E-state index in [9.17, 15) is 8.78 Å². The van der Waals surface area contributed by atoms with Crippen LogP contribution in [0.25, 0.3) is 0 Å².